The summed E-state index contributed by atoms with van der Waals surface area (Å²) in [6.45, 7) is 6.93. The minimum absolute atomic E-state index is 0.0490. The first-order valence-electron chi connectivity index (χ1n) is 9.31. The maximum absolute atomic E-state index is 12.3. The first kappa shape index (κ1) is 18.8. The zero-order chi connectivity index (χ0) is 18.4. The Morgan fingerprint density at radius 1 is 1.23 bits per heavy atom. The maximum atomic E-state index is 12.3. The summed E-state index contributed by atoms with van der Waals surface area (Å²) in [5.41, 5.74) is 1.03. The molecule has 0 radical (unpaired) electrons. The third-order valence-electron chi connectivity index (χ3n) is 4.81. The molecule has 0 aliphatic carbocycles. The topological polar surface area (TPSA) is 45.2 Å². The number of pyridine rings is 1. The molecule has 0 bridgehead atoms. The van der Waals surface area contributed by atoms with Crippen molar-refractivity contribution in [1.29, 1.82) is 0 Å². The van der Waals surface area contributed by atoms with Gasteiger partial charge in [0.25, 0.3) is 0 Å². The van der Waals surface area contributed by atoms with E-state index in [0.717, 1.165) is 35.3 Å². The number of carbonyl (C=O) groups excluding carboxylic acids is 1. The lowest BCUT2D eigenvalue weighted by Gasteiger charge is -2.31. The Balaban J connectivity index is 1.47. The van der Waals surface area contributed by atoms with Crippen molar-refractivity contribution in [2.45, 2.75) is 43.4 Å². The zero-order valence-electron chi connectivity index (χ0n) is 15.5. The van der Waals surface area contributed by atoms with Crippen molar-refractivity contribution >= 4 is 23.5 Å². The lowest BCUT2D eigenvalue weighted by atomic mass is 9.99. The van der Waals surface area contributed by atoms with Crippen molar-refractivity contribution < 1.29 is 4.79 Å². The fraction of sp³-hybridized carbons (Fsp3) is 0.429. The number of benzene rings is 1. The van der Waals surface area contributed by atoms with E-state index in [1.807, 2.05) is 43.5 Å². The van der Waals surface area contributed by atoms with E-state index >= 15 is 0 Å². The van der Waals surface area contributed by atoms with Crippen LogP contribution < -0.4 is 10.2 Å². The molecule has 1 fully saturated rings. The molecule has 1 N–H and O–H groups in total. The van der Waals surface area contributed by atoms with E-state index in [2.05, 4.69) is 34.3 Å². The monoisotopic (exact) mass is 369 g/mol. The summed E-state index contributed by atoms with van der Waals surface area (Å²) < 4.78 is 0. The van der Waals surface area contributed by atoms with Gasteiger partial charge in [-0.15, -0.1) is 11.8 Å². The Morgan fingerprint density at radius 2 is 1.96 bits per heavy atom. The number of carbonyl (C=O) groups is 1. The molecule has 1 unspecified atom stereocenters. The van der Waals surface area contributed by atoms with Crippen molar-refractivity contribution in [2.75, 3.05) is 18.0 Å². The van der Waals surface area contributed by atoms with E-state index in [0.29, 0.717) is 6.54 Å². The predicted molar refractivity (Wildman–Crippen MR) is 108 cm³/mol. The van der Waals surface area contributed by atoms with Gasteiger partial charge in [0, 0.05) is 30.7 Å². The lowest BCUT2D eigenvalue weighted by molar-refractivity contribution is -0.120. The van der Waals surface area contributed by atoms with Crippen LogP contribution in [0.2, 0.25) is 0 Å². The molecule has 3 rings (SSSR count). The molecule has 2 aromatic rings. The van der Waals surface area contributed by atoms with E-state index in [9.17, 15) is 4.79 Å². The number of nitrogens with one attached hydrogen (secondary N) is 1. The van der Waals surface area contributed by atoms with Gasteiger partial charge < -0.3 is 10.2 Å². The molecule has 1 aromatic carbocycles. The van der Waals surface area contributed by atoms with E-state index in [1.54, 1.807) is 11.8 Å². The number of amides is 1. The SMILES string of the molecule is CC1CCN(c2ccc(CNC(=O)C(C)Sc3ccccc3)cn2)CC1. The van der Waals surface area contributed by atoms with E-state index in [1.165, 1.54) is 12.8 Å². The average Bonchev–Trinajstić information content (AvgIpc) is 2.68. The molecule has 1 aliphatic rings. The Bertz CT molecular complexity index is 697. The third kappa shape index (κ3) is 5.24. The Morgan fingerprint density at radius 3 is 2.62 bits per heavy atom. The molecule has 1 aliphatic heterocycles. The summed E-state index contributed by atoms with van der Waals surface area (Å²) in [7, 11) is 0. The van der Waals surface area contributed by atoms with Gasteiger partial charge in [0.2, 0.25) is 5.91 Å². The highest BCUT2D eigenvalue weighted by Gasteiger charge is 2.17. The van der Waals surface area contributed by atoms with Gasteiger partial charge >= 0.3 is 0 Å². The summed E-state index contributed by atoms with van der Waals surface area (Å²) in [5.74, 6) is 1.91. The molecule has 1 aromatic heterocycles. The first-order valence-corrected chi connectivity index (χ1v) is 10.2. The van der Waals surface area contributed by atoms with Gasteiger partial charge in [-0.05, 0) is 49.4 Å². The molecule has 1 atom stereocenters. The molecule has 5 heteroatoms. The first-order chi connectivity index (χ1) is 12.6. The highest BCUT2D eigenvalue weighted by molar-refractivity contribution is 8.00. The van der Waals surface area contributed by atoms with Crippen molar-refractivity contribution in [3.8, 4) is 0 Å². The van der Waals surface area contributed by atoms with Crippen molar-refractivity contribution in [2.24, 2.45) is 5.92 Å². The molecular weight excluding hydrogens is 342 g/mol. The molecule has 0 saturated carbocycles. The molecule has 138 valence electrons. The van der Waals surface area contributed by atoms with Crippen molar-refractivity contribution in [1.82, 2.24) is 10.3 Å². The normalized spacial score (nSPS) is 16.3. The van der Waals surface area contributed by atoms with Gasteiger partial charge in [-0.1, -0.05) is 31.2 Å². The van der Waals surface area contributed by atoms with Crippen LogP contribution in [-0.2, 0) is 11.3 Å². The zero-order valence-corrected chi connectivity index (χ0v) is 16.3. The number of hydrogen-bond acceptors (Lipinski definition) is 4. The number of hydrogen-bond donors (Lipinski definition) is 1. The summed E-state index contributed by atoms with van der Waals surface area (Å²) in [5, 5.41) is 2.89. The second-order valence-corrected chi connectivity index (χ2v) is 8.40. The number of thioether (sulfide) groups is 1. The standard InChI is InChI=1S/C21H27N3OS/c1-16-10-12-24(13-11-16)20-9-8-18(14-22-20)15-23-21(25)17(2)26-19-6-4-3-5-7-19/h3-9,14,16-17H,10-13,15H2,1-2H3,(H,23,25). The van der Waals surface area contributed by atoms with Crippen LogP contribution in [0.4, 0.5) is 5.82 Å². The van der Waals surface area contributed by atoms with Crippen LogP contribution in [0.1, 0.15) is 32.3 Å². The Labute approximate surface area is 160 Å². The van der Waals surface area contributed by atoms with E-state index in [4.69, 9.17) is 0 Å². The molecule has 0 spiro atoms. The van der Waals surface area contributed by atoms with Crippen LogP contribution in [-0.4, -0.2) is 29.2 Å². The maximum Gasteiger partial charge on any atom is 0.233 e. The second kappa shape index (κ2) is 9.08. The Hall–Kier alpha value is -2.01. The average molecular weight is 370 g/mol. The number of piperidine rings is 1. The third-order valence-corrected chi connectivity index (χ3v) is 5.92. The summed E-state index contributed by atoms with van der Waals surface area (Å²) in [6, 6.07) is 14.1. The molecule has 4 nitrogen and oxygen atoms in total. The van der Waals surface area contributed by atoms with Gasteiger partial charge in [0.15, 0.2) is 0 Å². The van der Waals surface area contributed by atoms with Gasteiger partial charge in [-0.25, -0.2) is 4.98 Å². The number of rotatable bonds is 6. The minimum Gasteiger partial charge on any atom is -0.357 e. The molecular formula is C21H27N3OS. The van der Waals surface area contributed by atoms with Crippen LogP contribution in [0.15, 0.2) is 53.6 Å². The van der Waals surface area contributed by atoms with Crippen molar-refractivity contribution in [3.63, 3.8) is 0 Å². The second-order valence-electron chi connectivity index (χ2n) is 6.99. The smallest absolute Gasteiger partial charge is 0.233 e. The quantitative estimate of drug-likeness (QED) is 0.778. The van der Waals surface area contributed by atoms with Gasteiger partial charge in [-0.3, -0.25) is 4.79 Å². The van der Waals surface area contributed by atoms with Crippen LogP contribution in [0.25, 0.3) is 0 Å². The Kier molecular flexibility index (Phi) is 6.56. The molecule has 1 amide bonds. The van der Waals surface area contributed by atoms with Crippen LogP contribution in [0.5, 0.6) is 0 Å². The number of nitrogens with zero attached hydrogens (tertiary/aromatic N) is 2. The van der Waals surface area contributed by atoms with Crippen LogP contribution >= 0.6 is 11.8 Å². The fourth-order valence-corrected chi connectivity index (χ4v) is 3.95. The van der Waals surface area contributed by atoms with Crippen LogP contribution in [0.3, 0.4) is 0 Å². The van der Waals surface area contributed by atoms with Crippen molar-refractivity contribution in [3.05, 3.63) is 54.2 Å². The highest BCUT2D eigenvalue weighted by atomic mass is 32.2. The minimum atomic E-state index is -0.125. The lowest BCUT2D eigenvalue weighted by Crippen LogP contribution is -2.33. The fourth-order valence-electron chi connectivity index (χ4n) is 3.04. The number of anilines is 1. The van der Waals surface area contributed by atoms with Crippen LogP contribution in [0, 0.1) is 5.92 Å². The highest BCUT2D eigenvalue weighted by Crippen LogP contribution is 2.23. The summed E-state index contributed by atoms with van der Waals surface area (Å²) in [4.78, 5) is 20.3. The molecule has 26 heavy (non-hydrogen) atoms. The molecule has 1 saturated heterocycles. The predicted octanol–water partition coefficient (Wildman–Crippen LogP) is 4.11. The van der Waals surface area contributed by atoms with E-state index < -0.39 is 0 Å². The molecule has 2 heterocycles. The summed E-state index contributed by atoms with van der Waals surface area (Å²) >= 11 is 1.57. The number of aromatic nitrogens is 1. The summed E-state index contributed by atoms with van der Waals surface area (Å²) in [6.07, 6.45) is 4.34. The van der Waals surface area contributed by atoms with E-state index in [-0.39, 0.29) is 11.2 Å². The van der Waals surface area contributed by atoms with Gasteiger partial charge in [0.1, 0.15) is 5.82 Å². The van der Waals surface area contributed by atoms with Gasteiger partial charge in [0.05, 0.1) is 5.25 Å². The van der Waals surface area contributed by atoms with Gasteiger partial charge in [-0.2, -0.15) is 0 Å². The largest absolute Gasteiger partial charge is 0.357 e.